The third-order valence-corrected chi connectivity index (χ3v) is 5.00. The molecule has 1 N–H and O–H groups in total. The van der Waals surface area contributed by atoms with Gasteiger partial charge >= 0.3 is 6.09 Å². The molecule has 1 atom stereocenters. The van der Waals surface area contributed by atoms with Crippen LogP contribution in [0.3, 0.4) is 0 Å². The van der Waals surface area contributed by atoms with E-state index in [0.717, 1.165) is 37.7 Å². The van der Waals surface area contributed by atoms with Crippen LogP contribution in [0.15, 0.2) is 29.3 Å². The Hall–Kier alpha value is -2.35. The quantitative estimate of drug-likeness (QED) is 0.813. The lowest BCUT2D eigenvalue weighted by Crippen LogP contribution is -2.57. The van der Waals surface area contributed by atoms with Gasteiger partial charge in [-0.1, -0.05) is 12.1 Å². The van der Waals surface area contributed by atoms with Gasteiger partial charge in [-0.3, -0.25) is 4.99 Å². The Labute approximate surface area is 172 Å². The molecule has 2 aliphatic rings. The van der Waals surface area contributed by atoms with Crippen molar-refractivity contribution in [3.05, 3.63) is 35.6 Å². The van der Waals surface area contributed by atoms with Crippen LogP contribution in [0.2, 0.25) is 0 Å². The molecule has 0 spiro atoms. The molecule has 1 saturated heterocycles. The van der Waals surface area contributed by atoms with E-state index in [-0.39, 0.29) is 18.0 Å². The van der Waals surface area contributed by atoms with Crippen LogP contribution in [0, 0.1) is 5.82 Å². The number of carbonyl (C=O) groups is 1. The Morgan fingerprint density at radius 2 is 2.03 bits per heavy atom. The van der Waals surface area contributed by atoms with E-state index in [1.165, 1.54) is 12.1 Å². The van der Waals surface area contributed by atoms with Crippen molar-refractivity contribution in [2.75, 3.05) is 46.3 Å². The Morgan fingerprint density at radius 3 is 2.72 bits per heavy atom. The highest BCUT2D eigenvalue weighted by Gasteiger charge is 2.36. The molecule has 7 nitrogen and oxygen atoms in total. The summed E-state index contributed by atoms with van der Waals surface area (Å²) < 4.78 is 18.5. The molecular weight excluding hydrogens is 373 g/mol. The molecule has 1 aromatic rings. The molecular formula is C21H32FN5O2. The highest BCUT2D eigenvalue weighted by Crippen LogP contribution is 2.18. The van der Waals surface area contributed by atoms with Crippen molar-refractivity contribution in [3.8, 4) is 0 Å². The zero-order valence-electron chi connectivity index (χ0n) is 17.8. The number of likely N-dealkylation sites (N-methyl/N-ethyl adjacent to an activating group) is 1. The molecule has 1 aromatic carbocycles. The Kier molecular flexibility index (Phi) is 6.62. The SMILES string of the molecule is CN(CCNC1=NCC2CN(C(=O)OC(C)(C)C)CCN12)Cc1ccc(F)cc1. The molecule has 0 aliphatic carbocycles. The molecule has 8 heteroatoms. The van der Waals surface area contributed by atoms with Crippen molar-refractivity contribution in [3.63, 3.8) is 0 Å². The zero-order valence-corrected chi connectivity index (χ0v) is 17.8. The van der Waals surface area contributed by atoms with E-state index in [2.05, 4.69) is 20.1 Å². The number of amides is 1. The van der Waals surface area contributed by atoms with Gasteiger partial charge in [0.15, 0.2) is 5.96 Å². The maximum Gasteiger partial charge on any atom is 0.410 e. The number of fused-ring (bicyclic) bond motifs is 1. The highest BCUT2D eigenvalue weighted by atomic mass is 19.1. The van der Waals surface area contributed by atoms with E-state index in [9.17, 15) is 9.18 Å². The van der Waals surface area contributed by atoms with Crippen LogP contribution in [0.1, 0.15) is 26.3 Å². The smallest absolute Gasteiger partial charge is 0.410 e. The third-order valence-electron chi connectivity index (χ3n) is 5.00. The number of ether oxygens (including phenoxy) is 1. The van der Waals surface area contributed by atoms with Crippen LogP contribution in [-0.4, -0.2) is 84.7 Å². The summed E-state index contributed by atoms with van der Waals surface area (Å²) in [6.07, 6.45) is -0.249. The van der Waals surface area contributed by atoms with Crippen LogP contribution in [0.5, 0.6) is 0 Å². The summed E-state index contributed by atoms with van der Waals surface area (Å²) in [6.45, 7) is 10.7. The summed E-state index contributed by atoms with van der Waals surface area (Å²) in [5.74, 6) is 0.702. The normalized spacial score (nSPS) is 19.2. The van der Waals surface area contributed by atoms with Gasteiger partial charge in [-0.15, -0.1) is 0 Å². The minimum atomic E-state index is -0.479. The number of nitrogens with one attached hydrogen (secondary N) is 1. The van der Waals surface area contributed by atoms with E-state index >= 15 is 0 Å². The van der Waals surface area contributed by atoms with E-state index in [1.54, 1.807) is 4.90 Å². The van der Waals surface area contributed by atoms with Crippen LogP contribution >= 0.6 is 0 Å². The van der Waals surface area contributed by atoms with E-state index in [4.69, 9.17) is 4.74 Å². The highest BCUT2D eigenvalue weighted by molar-refractivity contribution is 5.82. The van der Waals surface area contributed by atoms with Gasteiger partial charge in [0.1, 0.15) is 11.4 Å². The molecule has 2 aliphatic heterocycles. The number of aliphatic imine (C=N–C) groups is 1. The lowest BCUT2D eigenvalue weighted by molar-refractivity contribution is 0.0137. The van der Waals surface area contributed by atoms with E-state index in [1.807, 2.05) is 40.0 Å². The molecule has 0 bridgehead atoms. The van der Waals surface area contributed by atoms with Crippen LogP contribution in [-0.2, 0) is 11.3 Å². The number of hydrogen-bond acceptors (Lipinski definition) is 6. The fourth-order valence-corrected chi connectivity index (χ4v) is 3.56. The van der Waals surface area contributed by atoms with Crippen LogP contribution < -0.4 is 5.32 Å². The van der Waals surface area contributed by atoms with E-state index in [0.29, 0.717) is 19.6 Å². The summed E-state index contributed by atoms with van der Waals surface area (Å²) in [5.41, 5.74) is 0.609. The van der Waals surface area contributed by atoms with Crippen molar-refractivity contribution in [1.29, 1.82) is 0 Å². The molecule has 1 fully saturated rings. The molecule has 3 rings (SSSR count). The first-order valence-electron chi connectivity index (χ1n) is 10.2. The van der Waals surface area contributed by atoms with E-state index < -0.39 is 5.60 Å². The zero-order chi connectivity index (χ0) is 21.0. The molecule has 0 saturated carbocycles. The molecule has 1 unspecified atom stereocenters. The summed E-state index contributed by atoms with van der Waals surface area (Å²) in [7, 11) is 2.05. The van der Waals surface area contributed by atoms with Crippen molar-refractivity contribution in [1.82, 2.24) is 20.0 Å². The van der Waals surface area contributed by atoms with Gasteiger partial charge in [0, 0.05) is 39.3 Å². The molecule has 160 valence electrons. The Balaban J connectivity index is 1.40. The predicted octanol–water partition coefficient (Wildman–Crippen LogP) is 2.14. The molecule has 0 radical (unpaired) electrons. The molecule has 2 heterocycles. The first-order valence-corrected chi connectivity index (χ1v) is 10.2. The van der Waals surface area contributed by atoms with Crippen molar-refractivity contribution >= 4 is 12.1 Å². The summed E-state index contributed by atoms with van der Waals surface area (Å²) >= 11 is 0. The third kappa shape index (κ3) is 6.06. The van der Waals surface area contributed by atoms with Gasteiger partial charge < -0.3 is 24.8 Å². The summed E-state index contributed by atoms with van der Waals surface area (Å²) in [5, 5.41) is 3.43. The maximum absolute atomic E-state index is 13.0. The maximum atomic E-state index is 13.0. The van der Waals surface area contributed by atoms with Gasteiger partial charge in [-0.25, -0.2) is 9.18 Å². The second-order valence-corrected chi connectivity index (χ2v) is 8.73. The topological polar surface area (TPSA) is 60.4 Å². The number of halogens is 1. The molecule has 1 amide bonds. The largest absolute Gasteiger partial charge is 0.444 e. The van der Waals surface area contributed by atoms with Crippen molar-refractivity contribution < 1.29 is 13.9 Å². The van der Waals surface area contributed by atoms with Gasteiger partial charge in [-0.05, 0) is 45.5 Å². The number of carbonyl (C=O) groups excluding carboxylic acids is 1. The number of rotatable bonds is 5. The summed E-state index contributed by atoms with van der Waals surface area (Å²) in [4.78, 5) is 23.2. The van der Waals surface area contributed by atoms with Crippen molar-refractivity contribution in [2.24, 2.45) is 4.99 Å². The molecule has 29 heavy (non-hydrogen) atoms. The minimum absolute atomic E-state index is 0.204. The Bertz CT molecular complexity index is 732. The second kappa shape index (κ2) is 8.98. The van der Waals surface area contributed by atoms with Crippen LogP contribution in [0.25, 0.3) is 0 Å². The van der Waals surface area contributed by atoms with Crippen molar-refractivity contribution in [2.45, 2.75) is 39.0 Å². The fourth-order valence-electron chi connectivity index (χ4n) is 3.56. The van der Waals surface area contributed by atoms with Crippen LogP contribution in [0.4, 0.5) is 9.18 Å². The molecule has 0 aromatic heterocycles. The first-order chi connectivity index (χ1) is 13.7. The van der Waals surface area contributed by atoms with Gasteiger partial charge in [0.05, 0.1) is 12.6 Å². The summed E-state index contributed by atoms with van der Waals surface area (Å²) in [6, 6.07) is 6.82. The Morgan fingerprint density at radius 1 is 1.31 bits per heavy atom. The predicted molar refractivity (Wildman–Crippen MR) is 111 cm³/mol. The number of benzene rings is 1. The second-order valence-electron chi connectivity index (χ2n) is 8.73. The lowest BCUT2D eigenvalue weighted by atomic mass is 10.2. The minimum Gasteiger partial charge on any atom is -0.444 e. The first kappa shape index (κ1) is 21.4. The van der Waals surface area contributed by atoms with Gasteiger partial charge in [0.2, 0.25) is 0 Å². The fraction of sp³-hybridized carbons (Fsp3) is 0.619. The standard InChI is InChI=1S/C21H32FN5O2/c1-21(2,3)29-20(28)26-11-12-27-18(15-26)13-24-19(27)23-9-10-25(4)14-16-5-7-17(22)8-6-16/h5-8,18H,9-15H2,1-4H3,(H,23,24). The average molecular weight is 406 g/mol. The average Bonchev–Trinajstić information content (AvgIpc) is 3.04. The van der Waals surface area contributed by atoms with Gasteiger partial charge in [0.25, 0.3) is 0 Å². The number of piperazine rings is 1. The van der Waals surface area contributed by atoms with Gasteiger partial charge in [-0.2, -0.15) is 0 Å². The number of nitrogens with zero attached hydrogens (tertiary/aromatic N) is 4. The monoisotopic (exact) mass is 405 g/mol. The number of guanidine groups is 1. The lowest BCUT2D eigenvalue weighted by Gasteiger charge is -2.39. The number of hydrogen-bond donors (Lipinski definition) is 1.